The smallest absolute Gasteiger partial charge is 0.241 e. The second-order valence-electron chi connectivity index (χ2n) is 6.48. The van der Waals surface area contributed by atoms with Crippen molar-refractivity contribution in [3.63, 3.8) is 0 Å². The van der Waals surface area contributed by atoms with E-state index in [4.69, 9.17) is 4.42 Å². The summed E-state index contributed by atoms with van der Waals surface area (Å²) >= 11 is 0. The Balaban J connectivity index is 1.81. The van der Waals surface area contributed by atoms with Gasteiger partial charge in [-0.3, -0.25) is 4.98 Å². The standard InChI is InChI=1S/C20H22N2O3S/c1-13-9-14(2)16(4)20(15(13)3)26(23,24)22-11-17-5-6-19(21-10-17)18-7-8-25-12-18/h5-10,12,22H,11H2,1-4H3. The zero-order chi connectivity index (χ0) is 18.9. The first-order chi connectivity index (χ1) is 12.3. The topological polar surface area (TPSA) is 72.2 Å². The average molecular weight is 370 g/mol. The summed E-state index contributed by atoms with van der Waals surface area (Å²) < 4.78 is 33.5. The molecule has 0 bridgehead atoms. The summed E-state index contributed by atoms with van der Waals surface area (Å²) in [6.45, 7) is 7.74. The Kier molecular flexibility index (Phi) is 4.98. The number of sulfonamides is 1. The van der Waals surface area contributed by atoms with E-state index in [-0.39, 0.29) is 6.54 Å². The molecule has 6 heteroatoms. The van der Waals surface area contributed by atoms with Crippen LogP contribution in [0.1, 0.15) is 27.8 Å². The molecule has 3 rings (SSSR count). The third-order valence-corrected chi connectivity index (χ3v) is 6.35. The third-order valence-electron chi connectivity index (χ3n) is 4.67. The van der Waals surface area contributed by atoms with E-state index in [1.807, 2.05) is 52.0 Å². The predicted octanol–water partition coefficient (Wildman–Crippen LogP) is 4.05. The maximum absolute atomic E-state index is 12.9. The Morgan fingerprint density at radius 2 is 1.73 bits per heavy atom. The van der Waals surface area contributed by atoms with E-state index in [2.05, 4.69) is 9.71 Å². The van der Waals surface area contributed by atoms with E-state index in [0.29, 0.717) is 4.90 Å². The van der Waals surface area contributed by atoms with Crippen LogP contribution in [0.2, 0.25) is 0 Å². The summed E-state index contributed by atoms with van der Waals surface area (Å²) in [6.07, 6.45) is 4.88. The van der Waals surface area contributed by atoms with E-state index in [1.165, 1.54) is 0 Å². The number of aryl methyl sites for hydroxylation is 2. The maximum Gasteiger partial charge on any atom is 0.241 e. The van der Waals surface area contributed by atoms with Crippen LogP contribution in [0.4, 0.5) is 0 Å². The van der Waals surface area contributed by atoms with Gasteiger partial charge in [-0.05, 0) is 67.6 Å². The van der Waals surface area contributed by atoms with E-state index < -0.39 is 10.0 Å². The van der Waals surface area contributed by atoms with Gasteiger partial charge in [-0.25, -0.2) is 13.1 Å². The molecular formula is C20H22N2O3S. The van der Waals surface area contributed by atoms with Gasteiger partial charge in [0.1, 0.15) is 0 Å². The van der Waals surface area contributed by atoms with Crippen molar-refractivity contribution in [2.45, 2.75) is 39.1 Å². The molecule has 1 N–H and O–H groups in total. The number of furan rings is 1. The second-order valence-corrected chi connectivity index (χ2v) is 8.18. The molecule has 0 radical (unpaired) electrons. The molecule has 0 fully saturated rings. The molecular weight excluding hydrogens is 348 g/mol. The Hall–Kier alpha value is -2.44. The molecule has 136 valence electrons. The van der Waals surface area contributed by atoms with Crippen molar-refractivity contribution in [1.82, 2.24) is 9.71 Å². The van der Waals surface area contributed by atoms with E-state index in [1.54, 1.807) is 18.7 Å². The highest BCUT2D eigenvalue weighted by Crippen LogP contribution is 2.26. The monoisotopic (exact) mass is 370 g/mol. The van der Waals surface area contributed by atoms with Gasteiger partial charge in [0.15, 0.2) is 0 Å². The molecule has 3 aromatic rings. The molecule has 0 saturated heterocycles. The minimum atomic E-state index is -3.61. The first-order valence-electron chi connectivity index (χ1n) is 8.34. The highest BCUT2D eigenvalue weighted by atomic mass is 32.2. The second kappa shape index (κ2) is 7.05. The van der Waals surface area contributed by atoms with E-state index >= 15 is 0 Å². The number of hydrogen-bond donors (Lipinski definition) is 1. The fourth-order valence-corrected chi connectivity index (χ4v) is 4.57. The summed E-state index contributed by atoms with van der Waals surface area (Å²) in [5, 5.41) is 0. The molecule has 5 nitrogen and oxygen atoms in total. The maximum atomic E-state index is 12.9. The Morgan fingerprint density at radius 3 is 2.27 bits per heavy atom. The quantitative estimate of drug-likeness (QED) is 0.735. The van der Waals surface area contributed by atoms with Crippen molar-refractivity contribution < 1.29 is 12.8 Å². The molecule has 0 aliphatic rings. The summed E-state index contributed by atoms with van der Waals surface area (Å²) in [5.74, 6) is 0. The van der Waals surface area contributed by atoms with Crippen LogP contribution in [0.25, 0.3) is 11.3 Å². The van der Waals surface area contributed by atoms with Crippen molar-refractivity contribution in [2.75, 3.05) is 0 Å². The van der Waals surface area contributed by atoms with Crippen molar-refractivity contribution in [1.29, 1.82) is 0 Å². The third kappa shape index (κ3) is 3.57. The molecule has 0 aliphatic heterocycles. The number of aromatic nitrogens is 1. The number of pyridine rings is 1. The van der Waals surface area contributed by atoms with E-state index in [0.717, 1.165) is 39.1 Å². The fraction of sp³-hybridized carbons (Fsp3) is 0.250. The van der Waals surface area contributed by atoms with Crippen LogP contribution < -0.4 is 4.72 Å². The van der Waals surface area contributed by atoms with Crippen molar-refractivity contribution in [3.05, 3.63) is 70.8 Å². The average Bonchev–Trinajstić information content (AvgIpc) is 3.13. The van der Waals surface area contributed by atoms with Crippen LogP contribution >= 0.6 is 0 Å². The molecule has 0 atom stereocenters. The van der Waals surface area contributed by atoms with Gasteiger partial charge in [0.05, 0.1) is 23.1 Å². The summed E-state index contributed by atoms with van der Waals surface area (Å²) in [7, 11) is -3.61. The first kappa shape index (κ1) is 18.4. The molecule has 0 amide bonds. The fourth-order valence-electron chi connectivity index (χ4n) is 2.94. The van der Waals surface area contributed by atoms with Gasteiger partial charge in [-0.15, -0.1) is 0 Å². The highest BCUT2D eigenvalue weighted by molar-refractivity contribution is 7.89. The number of hydrogen-bond acceptors (Lipinski definition) is 4. The van der Waals surface area contributed by atoms with Crippen LogP contribution in [0.3, 0.4) is 0 Å². The lowest BCUT2D eigenvalue weighted by Gasteiger charge is -2.16. The minimum absolute atomic E-state index is 0.187. The van der Waals surface area contributed by atoms with Crippen molar-refractivity contribution in [2.24, 2.45) is 0 Å². The zero-order valence-electron chi connectivity index (χ0n) is 15.3. The summed E-state index contributed by atoms with van der Waals surface area (Å²) in [6, 6.07) is 7.55. The molecule has 26 heavy (non-hydrogen) atoms. The lowest BCUT2D eigenvalue weighted by atomic mass is 10.0. The van der Waals surface area contributed by atoms with Gasteiger partial charge in [0.2, 0.25) is 10.0 Å². The summed E-state index contributed by atoms with van der Waals surface area (Å²) in [5.41, 5.74) is 5.98. The number of benzene rings is 1. The Morgan fingerprint density at radius 1 is 1.04 bits per heavy atom. The van der Waals surface area contributed by atoms with Crippen LogP contribution in [0.5, 0.6) is 0 Å². The highest BCUT2D eigenvalue weighted by Gasteiger charge is 2.21. The normalized spacial score (nSPS) is 11.7. The van der Waals surface area contributed by atoms with Crippen LogP contribution in [-0.4, -0.2) is 13.4 Å². The van der Waals surface area contributed by atoms with Crippen molar-refractivity contribution >= 4 is 10.0 Å². The van der Waals surface area contributed by atoms with Crippen LogP contribution in [0, 0.1) is 27.7 Å². The van der Waals surface area contributed by atoms with Crippen molar-refractivity contribution in [3.8, 4) is 11.3 Å². The lowest BCUT2D eigenvalue weighted by Crippen LogP contribution is -2.25. The molecule has 0 unspecified atom stereocenters. The Labute approximate surface area is 154 Å². The number of nitrogens with zero attached hydrogens (tertiary/aromatic N) is 1. The van der Waals surface area contributed by atoms with Gasteiger partial charge in [-0.2, -0.15) is 0 Å². The molecule has 2 aromatic heterocycles. The Bertz CT molecular complexity index is 996. The summed E-state index contributed by atoms with van der Waals surface area (Å²) in [4.78, 5) is 4.74. The zero-order valence-corrected chi connectivity index (χ0v) is 16.1. The predicted molar refractivity (Wildman–Crippen MR) is 101 cm³/mol. The largest absolute Gasteiger partial charge is 0.472 e. The van der Waals surface area contributed by atoms with Gasteiger partial charge in [0, 0.05) is 18.3 Å². The minimum Gasteiger partial charge on any atom is -0.472 e. The van der Waals surface area contributed by atoms with Crippen LogP contribution in [-0.2, 0) is 16.6 Å². The molecule has 0 spiro atoms. The van der Waals surface area contributed by atoms with Gasteiger partial charge in [-0.1, -0.05) is 12.1 Å². The molecule has 0 saturated carbocycles. The lowest BCUT2D eigenvalue weighted by molar-refractivity contribution is 0.568. The van der Waals surface area contributed by atoms with Gasteiger partial charge in [0.25, 0.3) is 0 Å². The number of rotatable bonds is 5. The molecule has 1 aromatic carbocycles. The van der Waals surface area contributed by atoms with E-state index in [9.17, 15) is 8.42 Å². The SMILES string of the molecule is Cc1cc(C)c(C)c(S(=O)(=O)NCc2ccc(-c3ccoc3)nc2)c1C. The van der Waals surface area contributed by atoms with Gasteiger partial charge >= 0.3 is 0 Å². The van der Waals surface area contributed by atoms with Crippen LogP contribution in [0.15, 0.2) is 52.3 Å². The van der Waals surface area contributed by atoms with Gasteiger partial charge < -0.3 is 4.42 Å². The number of nitrogens with one attached hydrogen (secondary N) is 1. The molecule has 2 heterocycles. The molecule has 0 aliphatic carbocycles. The first-order valence-corrected chi connectivity index (χ1v) is 9.82.